The maximum Gasteiger partial charge on any atom is 0.267 e. The summed E-state index contributed by atoms with van der Waals surface area (Å²) >= 11 is 5.89. The number of nitrogens with one attached hydrogen (secondary N) is 1. The molecular formula is C14H9ClF2N4O2S. The number of halogens is 3. The molecule has 3 aromatic rings. The van der Waals surface area contributed by atoms with Crippen LogP contribution in [0.2, 0.25) is 5.02 Å². The predicted octanol–water partition coefficient (Wildman–Crippen LogP) is 3.00. The van der Waals surface area contributed by atoms with Crippen LogP contribution in [0.3, 0.4) is 0 Å². The van der Waals surface area contributed by atoms with Gasteiger partial charge in [-0.25, -0.2) is 26.9 Å². The van der Waals surface area contributed by atoms with E-state index in [0.717, 1.165) is 18.2 Å². The van der Waals surface area contributed by atoms with E-state index in [9.17, 15) is 17.2 Å². The van der Waals surface area contributed by atoms with Crippen molar-refractivity contribution in [1.29, 1.82) is 0 Å². The molecule has 124 valence electrons. The van der Waals surface area contributed by atoms with Crippen LogP contribution in [0.1, 0.15) is 0 Å². The van der Waals surface area contributed by atoms with E-state index < -0.39 is 26.6 Å². The van der Waals surface area contributed by atoms with Gasteiger partial charge in [0.2, 0.25) is 0 Å². The molecule has 24 heavy (non-hydrogen) atoms. The molecule has 0 saturated carbocycles. The minimum atomic E-state index is -4.53. The third-order valence-electron chi connectivity index (χ3n) is 3.06. The first-order chi connectivity index (χ1) is 11.4. The number of aromatic nitrogens is 3. The predicted molar refractivity (Wildman–Crippen MR) is 83.5 cm³/mol. The maximum absolute atomic E-state index is 13.8. The molecule has 10 heteroatoms. The average Bonchev–Trinajstić information content (AvgIpc) is 3.00. The largest absolute Gasteiger partial charge is 0.277 e. The lowest BCUT2D eigenvalue weighted by Crippen LogP contribution is -2.17. The van der Waals surface area contributed by atoms with Crippen molar-refractivity contribution in [3.63, 3.8) is 0 Å². The van der Waals surface area contributed by atoms with Gasteiger partial charge in [0.15, 0.2) is 4.90 Å². The number of hydrogen-bond donors (Lipinski definition) is 1. The van der Waals surface area contributed by atoms with Gasteiger partial charge in [-0.3, -0.25) is 4.72 Å². The van der Waals surface area contributed by atoms with Gasteiger partial charge in [-0.1, -0.05) is 17.7 Å². The van der Waals surface area contributed by atoms with E-state index in [1.165, 1.54) is 35.5 Å². The zero-order chi connectivity index (χ0) is 17.3. The quantitative estimate of drug-likeness (QED) is 0.766. The topological polar surface area (TPSA) is 76.9 Å². The molecule has 0 aliphatic carbocycles. The molecule has 0 unspecified atom stereocenters. The Balaban J connectivity index is 2.10. The van der Waals surface area contributed by atoms with Crippen molar-refractivity contribution in [1.82, 2.24) is 14.8 Å². The molecule has 1 N–H and O–H groups in total. The maximum atomic E-state index is 13.8. The molecule has 0 bridgehead atoms. The zero-order valence-corrected chi connectivity index (χ0v) is 13.4. The van der Waals surface area contributed by atoms with Crippen LogP contribution in [0.5, 0.6) is 0 Å². The Morgan fingerprint density at radius 1 is 1.12 bits per heavy atom. The number of rotatable bonds is 4. The fourth-order valence-electron chi connectivity index (χ4n) is 2.06. The van der Waals surface area contributed by atoms with Gasteiger partial charge in [-0.2, -0.15) is 5.10 Å². The van der Waals surface area contributed by atoms with E-state index in [-0.39, 0.29) is 16.4 Å². The van der Waals surface area contributed by atoms with Gasteiger partial charge in [0.05, 0.1) is 11.4 Å². The van der Waals surface area contributed by atoms with Gasteiger partial charge in [0.1, 0.15) is 24.3 Å². The first-order valence-electron chi connectivity index (χ1n) is 6.50. The van der Waals surface area contributed by atoms with Crippen molar-refractivity contribution in [2.75, 3.05) is 4.72 Å². The van der Waals surface area contributed by atoms with Crippen LogP contribution in [0.15, 0.2) is 53.9 Å². The average molecular weight is 371 g/mol. The second-order valence-corrected chi connectivity index (χ2v) is 6.71. The Hall–Kier alpha value is -2.52. The molecule has 0 spiro atoms. The van der Waals surface area contributed by atoms with E-state index in [0.29, 0.717) is 0 Å². The lowest BCUT2D eigenvalue weighted by atomic mass is 10.3. The molecule has 0 aliphatic rings. The van der Waals surface area contributed by atoms with Gasteiger partial charge in [-0.05, 0) is 30.3 Å². The van der Waals surface area contributed by atoms with Crippen molar-refractivity contribution >= 4 is 27.3 Å². The molecule has 0 aliphatic heterocycles. The first kappa shape index (κ1) is 16.3. The molecule has 2 aromatic carbocycles. The Bertz CT molecular complexity index is 974. The second-order valence-electron chi connectivity index (χ2n) is 4.66. The van der Waals surface area contributed by atoms with Gasteiger partial charge in [-0.15, -0.1) is 0 Å². The minimum Gasteiger partial charge on any atom is -0.277 e. The molecule has 3 rings (SSSR count). The summed E-state index contributed by atoms with van der Waals surface area (Å²) in [5.74, 6) is -2.40. The highest BCUT2D eigenvalue weighted by Gasteiger charge is 2.25. The number of anilines is 1. The van der Waals surface area contributed by atoms with Crippen LogP contribution < -0.4 is 4.72 Å². The standard InChI is InChI=1S/C14H9ClF2N4O2S/c15-9-4-5-13(21-8-18-7-19-21)12(6-9)20-24(22,23)14-10(16)2-1-3-11(14)17/h1-8,20H. The van der Waals surface area contributed by atoms with Crippen LogP contribution in [-0.4, -0.2) is 23.2 Å². The first-order valence-corrected chi connectivity index (χ1v) is 8.36. The molecule has 1 heterocycles. The number of benzene rings is 2. The second kappa shape index (κ2) is 6.17. The molecule has 0 radical (unpaired) electrons. The molecular weight excluding hydrogens is 362 g/mol. The summed E-state index contributed by atoms with van der Waals surface area (Å²) in [5, 5.41) is 4.12. The normalized spacial score (nSPS) is 11.5. The number of nitrogens with zero attached hydrogens (tertiary/aromatic N) is 3. The van der Waals surface area contributed by atoms with Crippen LogP contribution in [0.25, 0.3) is 5.69 Å². The number of hydrogen-bond acceptors (Lipinski definition) is 4. The van der Waals surface area contributed by atoms with Crippen LogP contribution in [0, 0.1) is 11.6 Å². The van der Waals surface area contributed by atoms with Crippen LogP contribution in [-0.2, 0) is 10.0 Å². The SMILES string of the molecule is O=S(=O)(Nc1cc(Cl)ccc1-n1cncn1)c1c(F)cccc1F. The van der Waals surface area contributed by atoms with Gasteiger partial charge < -0.3 is 0 Å². The molecule has 0 atom stereocenters. The van der Waals surface area contributed by atoms with Crippen molar-refractivity contribution in [3.05, 3.63) is 65.7 Å². The van der Waals surface area contributed by atoms with Crippen molar-refractivity contribution < 1.29 is 17.2 Å². The fraction of sp³-hybridized carbons (Fsp3) is 0. The van der Waals surface area contributed by atoms with Gasteiger partial charge in [0.25, 0.3) is 10.0 Å². The van der Waals surface area contributed by atoms with Gasteiger partial charge >= 0.3 is 0 Å². The summed E-state index contributed by atoms with van der Waals surface area (Å²) in [6.45, 7) is 0. The summed E-state index contributed by atoms with van der Waals surface area (Å²) in [7, 11) is -4.53. The Labute approximate surface area is 140 Å². The van der Waals surface area contributed by atoms with E-state index in [1.54, 1.807) is 0 Å². The summed E-state index contributed by atoms with van der Waals surface area (Å²) in [6.07, 6.45) is 2.59. The lowest BCUT2D eigenvalue weighted by Gasteiger charge is -2.13. The Morgan fingerprint density at radius 2 is 1.83 bits per heavy atom. The van der Waals surface area contributed by atoms with Crippen molar-refractivity contribution in [2.45, 2.75) is 4.90 Å². The highest BCUT2D eigenvalue weighted by molar-refractivity contribution is 7.92. The molecule has 1 aromatic heterocycles. The van der Waals surface area contributed by atoms with E-state index >= 15 is 0 Å². The van der Waals surface area contributed by atoms with Crippen LogP contribution >= 0.6 is 11.6 Å². The Kier molecular flexibility index (Phi) is 4.20. The van der Waals surface area contributed by atoms with Gasteiger partial charge in [0, 0.05) is 5.02 Å². The third-order valence-corrected chi connectivity index (χ3v) is 4.71. The molecule has 6 nitrogen and oxygen atoms in total. The third kappa shape index (κ3) is 3.08. The molecule has 0 saturated heterocycles. The van der Waals surface area contributed by atoms with E-state index in [1.807, 2.05) is 0 Å². The summed E-state index contributed by atoms with van der Waals surface area (Å²) in [5.41, 5.74) is 0.285. The smallest absolute Gasteiger partial charge is 0.267 e. The molecule has 0 fully saturated rings. The van der Waals surface area contributed by atoms with Crippen LogP contribution in [0.4, 0.5) is 14.5 Å². The lowest BCUT2D eigenvalue weighted by molar-refractivity contribution is 0.521. The van der Waals surface area contributed by atoms with E-state index in [4.69, 9.17) is 11.6 Å². The summed E-state index contributed by atoms with van der Waals surface area (Å²) < 4.78 is 55.8. The van der Waals surface area contributed by atoms with Crippen molar-refractivity contribution in [2.24, 2.45) is 0 Å². The minimum absolute atomic E-state index is 0.00402. The monoisotopic (exact) mass is 370 g/mol. The summed E-state index contributed by atoms with van der Waals surface area (Å²) in [4.78, 5) is 2.69. The summed E-state index contributed by atoms with van der Waals surface area (Å²) in [6, 6.07) is 7.09. The highest BCUT2D eigenvalue weighted by Crippen LogP contribution is 2.28. The fourth-order valence-corrected chi connectivity index (χ4v) is 3.43. The highest BCUT2D eigenvalue weighted by atomic mass is 35.5. The van der Waals surface area contributed by atoms with Crippen molar-refractivity contribution in [3.8, 4) is 5.69 Å². The molecule has 0 amide bonds. The Morgan fingerprint density at radius 3 is 2.46 bits per heavy atom. The number of sulfonamides is 1. The van der Waals surface area contributed by atoms with E-state index in [2.05, 4.69) is 14.8 Å². The zero-order valence-electron chi connectivity index (χ0n) is 11.8.